The van der Waals surface area contributed by atoms with Gasteiger partial charge in [0, 0.05) is 33.1 Å². The fourth-order valence-electron chi connectivity index (χ4n) is 3.82. The molecule has 2 aromatic carbocycles. The van der Waals surface area contributed by atoms with Gasteiger partial charge in [-0.3, -0.25) is 4.79 Å². The number of benzene rings is 2. The molecule has 0 radical (unpaired) electrons. The van der Waals surface area contributed by atoms with Crippen molar-refractivity contribution in [1.29, 1.82) is 0 Å². The number of hydrogen-bond acceptors (Lipinski definition) is 2. The minimum absolute atomic E-state index is 0.00263. The quantitative estimate of drug-likeness (QED) is 0.418. The van der Waals surface area contributed by atoms with Crippen LogP contribution >= 0.6 is 0 Å². The Morgan fingerprint density at radius 1 is 1.03 bits per heavy atom. The first-order chi connectivity index (χ1) is 13.7. The number of aromatic nitrogens is 2. The van der Waals surface area contributed by atoms with Crippen LogP contribution in [0.15, 0.2) is 30.3 Å². The van der Waals surface area contributed by atoms with Crippen LogP contribution in [0.25, 0.3) is 21.8 Å². The molecule has 2 heterocycles. The van der Waals surface area contributed by atoms with Gasteiger partial charge in [0.2, 0.25) is 5.91 Å². The van der Waals surface area contributed by atoms with E-state index in [1.165, 1.54) is 13.0 Å². The van der Waals surface area contributed by atoms with Gasteiger partial charge in [0.15, 0.2) is 0 Å². The van der Waals surface area contributed by atoms with E-state index >= 15 is 0 Å². The SMILES string of the molecule is Cc1[nH]c2c(F)ccc(F)c2c1C(C(N)=O)c1c(C(=O)O)[nH]c2ccc(F)cc12. The van der Waals surface area contributed by atoms with Crippen LogP contribution in [-0.2, 0) is 4.79 Å². The number of aryl methyl sites for hydroxylation is 1. The molecule has 29 heavy (non-hydrogen) atoms. The number of nitrogens with two attached hydrogens (primary N) is 1. The third-order valence-corrected chi connectivity index (χ3v) is 4.97. The van der Waals surface area contributed by atoms with E-state index in [0.29, 0.717) is 0 Å². The number of carboxylic acids is 1. The van der Waals surface area contributed by atoms with E-state index in [9.17, 15) is 27.9 Å². The summed E-state index contributed by atoms with van der Waals surface area (Å²) >= 11 is 0. The minimum atomic E-state index is -1.47. The standard InChI is InChI=1S/C20H14F3N3O3/c1-7-13(15-10(22)3-4-11(23)17(15)25-7)16(19(24)27)14-9-6-8(21)2-5-12(9)26-18(14)20(28)29/h2-6,16,25-26H,1H3,(H2,24,27)(H,28,29). The number of halogens is 3. The van der Waals surface area contributed by atoms with Gasteiger partial charge < -0.3 is 20.8 Å². The third-order valence-electron chi connectivity index (χ3n) is 4.97. The Labute approximate surface area is 161 Å². The molecule has 0 aliphatic carbocycles. The van der Waals surface area contributed by atoms with E-state index in [0.717, 1.165) is 24.3 Å². The molecule has 1 amide bonds. The second-order valence-corrected chi connectivity index (χ2v) is 6.69. The maximum Gasteiger partial charge on any atom is 0.352 e. The summed E-state index contributed by atoms with van der Waals surface area (Å²) in [4.78, 5) is 29.6. The van der Waals surface area contributed by atoms with Gasteiger partial charge in [-0.2, -0.15) is 0 Å². The van der Waals surface area contributed by atoms with Crippen molar-refractivity contribution in [2.24, 2.45) is 5.73 Å². The molecular weight excluding hydrogens is 387 g/mol. The zero-order valence-corrected chi connectivity index (χ0v) is 14.9. The molecule has 0 aliphatic rings. The van der Waals surface area contributed by atoms with Crippen LogP contribution < -0.4 is 5.73 Å². The van der Waals surface area contributed by atoms with Crippen LogP contribution in [0.5, 0.6) is 0 Å². The number of primary amides is 1. The molecule has 1 unspecified atom stereocenters. The van der Waals surface area contributed by atoms with Gasteiger partial charge in [-0.15, -0.1) is 0 Å². The number of fused-ring (bicyclic) bond motifs is 2. The van der Waals surface area contributed by atoms with Crippen molar-refractivity contribution in [3.63, 3.8) is 0 Å². The van der Waals surface area contributed by atoms with Crippen molar-refractivity contribution in [3.05, 3.63) is 70.3 Å². The summed E-state index contributed by atoms with van der Waals surface area (Å²) in [6, 6.07) is 5.34. The number of hydrogen-bond donors (Lipinski definition) is 4. The number of H-pyrrole nitrogens is 2. The molecule has 5 N–H and O–H groups in total. The second-order valence-electron chi connectivity index (χ2n) is 6.69. The van der Waals surface area contributed by atoms with Crippen LogP contribution in [0.1, 0.15) is 33.2 Å². The molecule has 0 spiro atoms. The van der Waals surface area contributed by atoms with Gasteiger partial charge >= 0.3 is 5.97 Å². The van der Waals surface area contributed by atoms with Crippen molar-refractivity contribution >= 4 is 33.7 Å². The predicted molar refractivity (Wildman–Crippen MR) is 99.2 cm³/mol. The van der Waals surface area contributed by atoms with E-state index in [4.69, 9.17) is 5.73 Å². The Hall–Kier alpha value is -3.75. The largest absolute Gasteiger partial charge is 0.477 e. The number of carbonyl (C=O) groups excluding carboxylic acids is 1. The Morgan fingerprint density at radius 3 is 2.38 bits per heavy atom. The summed E-state index contributed by atoms with van der Waals surface area (Å²) in [5.74, 6) is -6.10. The number of rotatable bonds is 4. The van der Waals surface area contributed by atoms with Crippen LogP contribution in [-0.4, -0.2) is 27.0 Å². The van der Waals surface area contributed by atoms with Gasteiger partial charge in [-0.05, 0) is 37.3 Å². The Morgan fingerprint density at radius 2 is 1.72 bits per heavy atom. The van der Waals surface area contributed by atoms with Gasteiger partial charge in [-0.1, -0.05) is 0 Å². The van der Waals surface area contributed by atoms with E-state index < -0.39 is 35.2 Å². The molecule has 0 saturated carbocycles. The zero-order chi connectivity index (χ0) is 21.0. The van der Waals surface area contributed by atoms with Crippen LogP contribution in [0.2, 0.25) is 0 Å². The fraction of sp³-hybridized carbons (Fsp3) is 0.100. The first-order valence-corrected chi connectivity index (χ1v) is 8.50. The lowest BCUT2D eigenvalue weighted by atomic mass is 9.86. The highest BCUT2D eigenvalue weighted by Gasteiger charge is 2.34. The molecule has 2 aromatic heterocycles. The molecule has 0 saturated heterocycles. The van der Waals surface area contributed by atoms with Crippen LogP contribution in [0.4, 0.5) is 13.2 Å². The van der Waals surface area contributed by atoms with Crippen molar-refractivity contribution in [2.75, 3.05) is 0 Å². The molecule has 0 bridgehead atoms. The fourth-order valence-corrected chi connectivity index (χ4v) is 3.82. The highest BCUT2D eigenvalue weighted by Crippen LogP contribution is 2.40. The molecule has 148 valence electrons. The number of carboxylic acid groups (broad SMARTS) is 1. The predicted octanol–water partition coefficient (Wildman–Crippen LogP) is 3.69. The number of amides is 1. The topological polar surface area (TPSA) is 112 Å². The first kappa shape index (κ1) is 18.6. The van der Waals surface area contributed by atoms with Crippen molar-refractivity contribution in [1.82, 2.24) is 9.97 Å². The van der Waals surface area contributed by atoms with Gasteiger partial charge in [-0.25, -0.2) is 18.0 Å². The van der Waals surface area contributed by atoms with E-state index in [-0.39, 0.29) is 44.3 Å². The molecule has 0 fully saturated rings. The molecule has 1 atom stereocenters. The van der Waals surface area contributed by atoms with Crippen molar-refractivity contribution in [2.45, 2.75) is 12.8 Å². The zero-order valence-electron chi connectivity index (χ0n) is 14.9. The van der Waals surface area contributed by atoms with Crippen LogP contribution in [0.3, 0.4) is 0 Å². The summed E-state index contributed by atoms with van der Waals surface area (Å²) in [6.45, 7) is 1.49. The summed E-state index contributed by atoms with van der Waals surface area (Å²) < 4.78 is 42.7. The van der Waals surface area contributed by atoms with Crippen molar-refractivity contribution < 1.29 is 27.9 Å². The lowest BCUT2D eigenvalue weighted by Crippen LogP contribution is -2.24. The summed E-state index contributed by atoms with van der Waals surface area (Å²) in [5.41, 5.74) is 5.40. The van der Waals surface area contributed by atoms with E-state index in [1.54, 1.807) is 0 Å². The lowest BCUT2D eigenvalue weighted by molar-refractivity contribution is -0.118. The number of carbonyl (C=O) groups is 2. The highest BCUT2D eigenvalue weighted by atomic mass is 19.1. The molecule has 4 aromatic rings. The average Bonchev–Trinajstić information content (AvgIpc) is 3.18. The normalized spacial score (nSPS) is 12.6. The minimum Gasteiger partial charge on any atom is -0.477 e. The first-order valence-electron chi connectivity index (χ1n) is 8.50. The summed E-state index contributed by atoms with van der Waals surface area (Å²) in [6.07, 6.45) is 0. The number of aromatic amines is 2. The van der Waals surface area contributed by atoms with Crippen molar-refractivity contribution in [3.8, 4) is 0 Å². The second kappa shape index (κ2) is 6.40. The lowest BCUT2D eigenvalue weighted by Gasteiger charge is -2.16. The maximum absolute atomic E-state index is 14.6. The number of aromatic carboxylic acids is 1. The van der Waals surface area contributed by atoms with Gasteiger partial charge in [0.05, 0.1) is 11.4 Å². The molecule has 6 nitrogen and oxygen atoms in total. The summed E-state index contributed by atoms with van der Waals surface area (Å²) in [7, 11) is 0. The average molecular weight is 401 g/mol. The van der Waals surface area contributed by atoms with Gasteiger partial charge in [0.25, 0.3) is 0 Å². The molecule has 9 heteroatoms. The van der Waals surface area contributed by atoms with Gasteiger partial charge in [0.1, 0.15) is 23.1 Å². The number of nitrogens with one attached hydrogen (secondary N) is 2. The molecule has 4 rings (SSSR count). The van der Waals surface area contributed by atoms with E-state index in [2.05, 4.69) is 9.97 Å². The Bertz CT molecular complexity index is 1320. The molecule has 0 aliphatic heterocycles. The van der Waals surface area contributed by atoms with E-state index in [1.807, 2.05) is 0 Å². The highest BCUT2D eigenvalue weighted by molar-refractivity contribution is 6.04. The summed E-state index contributed by atoms with van der Waals surface area (Å²) in [5, 5.41) is 9.52. The Kier molecular flexibility index (Phi) is 4.11. The monoisotopic (exact) mass is 401 g/mol. The van der Waals surface area contributed by atoms with Crippen LogP contribution in [0, 0.1) is 24.4 Å². The smallest absolute Gasteiger partial charge is 0.352 e. The Balaban J connectivity index is 2.15. The molecular formula is C20H14F3N3O3. The third kappa shape index (κ3) is 2.74. The maximum atomic E-state index is 14.6.